The van der Waals surface area contributed by atoms with Crippen molar-refractivity contribution in [1.82, 2.24) is 10.6 Å². The predicted molar refractivity (Wildman–Crippen MR) is 348 cm³/mol. The zero-order chi connectivity index (χ0) is 67.4. The number of phosphoric ester groups is 2. The van der Waals surface area contributed by atoms with E-state index in [1.54, 1.807) is 6.92 Å². The normalized spacial score (nSPS) is 21.4. The number of hydrogen-bond acceptors (Lipinski definition) is 19. The standard InChI is InChI=1S/C37H70NO10P.C31H60NO9P.4Na/c1-5-7-9-11-12-13-14-15-16-17-18-19-20-22-24-26-33(40)38-34-36(46-28-27-31(29-39)25-23-21-10-8-6-2)35(48-49(41,42)43)32(30-44-3)47-37(34)45-4;1-4-7-9-11-13-15-16-18-20-22-25(33)24-27(34)32-28-30(39-23-21-19-17-14-12-10-8-5-2)29(35)26(6-3)40-31(28)41-42(36,37)38;;;;/h13-14,29,31-32,34-37H,5-12,15-28,30H2,1-4H3,(H,38,40)(H2,41,42,43);26,28-31,35H,4-24H2,1-3H3,(H,32,34)(H2,36,37,38);;;;/q;;4*+1/p-4/b14-13-;;;;;. The minimum atomic E-state index is -5.49. The third-order valence-electron chi connectivity index (χ3n) is 17.0. The number of hydrogen-bond donors (Lipinski definition) is 3. The smallest absolute Gasteiger partial charge is 0.790 e. The zero-order valence-corrected chi connectivity index (χ0v) is 71.2. The molecule has 11 atom stereocenters. The number of carbonyl (C=O) groups excluding carboxylic acids is 4. The molecule has 0 aliphatic carbocycles. The monoisotopic (exact) mass is 1430 g/mol. The van der Waals surface area contributed by atoms with Gasteiger partial charge in [0.05, 0.1) is 34.8 Å². The summed E-state index contributed by atoms with van der Waals surface area (Å²) in [4.78, 5) is 96.7. The Bertz CT molecular complexity index is 1950. The number of unbranched alkanes of at least 4 members (excludes halogenated alkanes) is 30. The number of ether oxygens (including phenoxy) is 6. The van der Waals surface area contributed by atoms with Crippen molar-refractivity contribution in [3.8, 4) is 0 Å². The van der Waals surface area contributed by atoms with Gasteiger partial charge in [0.25, 0.3) is 0 Å². The molecule has 0 aromatic heterocycles. The average Bonchev–Trinajstić information content (AvgIpc) is 0.799. The van der Waals surface area contributed by atoms with Crippen molar-refractivity contribution in [1.29, 1.82) is 0 Å². The van der Waals surface area contributed by atoms with Gasteiger partial charge < -0.3 is 86.7 Å². The number of ketones is 1. The predicted octanol–water partition coefficient (Wildman–Crippen LogP) is -0.0745. The summed E-state index contributed by atoms with van der Waals surface area (Å²) >= 11 is 0. The van der Waals surface area contributed by atoms with Crippen LogP contribution in [0.2, 0.25) is 0 Å². The first-order valence-electron chi connectivity index (χ1n) is 35.7. The van der Waals surface area contributed by atoms with E-state index in [1.165, 1.54) is 123 Å². The van der Waals surface area contributed by atoms with Crippen molar-refractivity contribution in [2.24, 2.45) is 5.92 Å². The summed E-state index contributed by atoms with van der Waals surface area (Å²) in [7, 11) is -8.16. The fourth-order valence-electron chi connectivity index (χ4n) is 11.7. The van der Waals surface area contributed by atoms with Crippen molar-refractivity contribution in [3.05, 3.63) is 12.2 Å². The number of rotatable bonds is 58. The maximum atomic E-state index is 13.1. The van der Waals surface area contributed by atoms with Gasteiger partial charge in [0.1, 0.15) is 54.7 Å². The van der Waals surface area contributed by atoms with Crippen LogP contribution in [-0.4, -0.2) is 124 Å². The molecule has 0 spiro atoms. The number of carbonyl (C=O) groups is 4. The molecule has 2 fully saturated rings. The van der Waals surface area contributed by atoms with E-state index in [2.05, 4.69) is 55.0 Å². The number of phosphoric acid groups is 2. The first-order chi connectivity index (χ1) is 43.8. The molecule has 2 amide bonds. The Hall–Kier alpha value is 1.96. The van der Waals surface area contributed by atoms with E-state index >= 15 is 0 Å². The van der Waals surface area contributed by atoms with Crippen LogP contribution in [0.1, 0.15) is 298 Å². The third kappa shape index (κ3) is 54.3. The van der Waals surface area contributed by atoms with Crippen LogP contribution in [0.3, 0.4) is 0 Å². The second-order valence-electron chi connectivity index (χ2n) is 25.1. The molecule has 3 N–H and O–H groups in total. The Morgan fingerprint density at radius 2 is 0.916 bits per heavy atom. The molecule has 0 radical (unpaired) electrons. The fourth-order valence-corrected chi connectivity index (χ4v) is 12.7. The number of aldehydes is 1. The SMILES string of the molecule is CCCCCC/C=C\CCCCCCCCCC(=O)NC1C(OC)OC(COC)C(OP(=O)([O-])[O-])C1OCCC(C=O)CCCCCCC.CCCCCCCCCCCC(=O)CC(=O)NC1C(OP(=O)([O-])[O-])OC(CC)C(O)C1OCCCCCCCCCC.[Na+].[Na+].[Na+].[Na+]. The van der Waals surface area contributed by atoms with Crippen LogP contribution in [0.4, 0.5) is 0 Å². The van der Waals surface area contributed by atoms with Crippen LogP contribution in [0.15, 0.2) is 12.2 Å². The minimum absolute atomic E-state index is 0. The van der Waals surface area contributed by atoms with E-state index < -0.39 is 89.3 Å². The maximum Gasteiger partial charge on any atom is 1.00 e. The molecule has 0 saturated carbocycles. The molecule has 95 heavy (non-hydrogen) atoms. The molecule has 2 saturated heterocycles. The van der Waals surface area contributed by atoms with Gasteiger partial charge in [0.15, 0.2) is 12.6 Å². The Balaban J connectivity index is -0.000000845. The number of methoxy groups -OCH3 is 2. The van der Waals surface area contributed by atoms with Crippen molar-refractivity contribution < 1.29 is 209 Å². The molecule has 0 aromatic carbocycles. The summed E-state index contributed by atoms with van der Waals surface area (Å²) < 4.78 is 67.3. The number of nitrogens with one attached hydrogen (secondary N) is 2. The van der Waals surface area contributed by atoms with E-state index in [0.29, 0.717) is 25.7 Å². The van der Waals surface area contributed by atoms with E-state index in [9.17, 15) is 53.0 Å². The molecule has 11 unspecified atom stereocenters. The van der Waals surface area contributed by atoms with Gasteiger partial charge in [-0.25, -0.2) is 0 Å². The topological polar surface area (TPSA) is 313 Å². The van der Waals surface area contributed by atoms with Crippen molar-refractivity contribution in [2.75, 3.05) is 34.0 Å². The van der Waals surface area contributed by atoms with Gasteiger partial charge in [0, 0.05) is 46.2 Å². The molecular weight excluding hydrogens is 1300 g/mol. The van der Waals surface area contributed by atoms with Crippen molar-refractivity contribution in [2.45, 2.75) is 359 Å². The third-order valence-corrected chi connectivity index (χ3v) is 18.0. The van der Waals surface area contributed by atoms with Gasteiger partial charge >= 0.3 is 118 Å². The first-order valence-corrected chi connectivity index (χ1v) is 38.6. The van der Waals surface area contributed by atoms with E-state index in [-0.39, 0.29) is 168 Å². The summed E-state index contributed by atoms with van der Waals surface area (Å²) in [6, 6.07) is -2.24. The molecule has 27 heteroatoms. The molecule has 2 aliphatic heterocycles. The molecular formula is C68H126N2Na4O19P2. The summed E-state index contributed by atoms with van der Waals surface area (Å²) in [5.74, 6) is -1.38. The number of allylic oxidation sites excluding steroid dienone is 2. The van der Waals surface area contributed by atoms with Crippen LogP contribution in [0, 0.1) is 5.92 Å². The van der Waals surface area contributed by atoms with Crippen LogP contribution < -0.4 is 148 Å². The molecule has 0 aromatic rings. The van der Waals surface area contributed by atoms with Crippen LogP contribution in [-0.2, 0) is 65.8 Å². The quantitative estimate of drug-likeness (QED) is 0.0179. The molecule has 2 rings (SSSR count). The number of aliphatic hydroxyl groups excluding tert-OH is 1. The summed E-state index contributed by atoms with van der Waals surface area (Å²) in [5.41, 5.74) is 0. The Morgan fingerprint density at radius 1 is 0.495 bits per heavy atom. The second-order valence-corrected chi connectivity index (χ2v) is 27.3. The second kappa shape index (κ2) is 67.8. The fraction of sp³-hybridized carbons (Fsp3) is 0.912. The zero-order valence-electron chi connectivity index (χ0n) is 61.4. The van der Waals surface area contributed by atoms with Gasteiger partial charge in [-0.2, -0.15) is 0 Å². The van der Waals surface area contributed by atoms with Gasteiger partial charge in [-0.1, -0.05) is 227 Å². The number of aliphatic hydroxyl groups is 1. The average molecular weight is 1430 g/mol. The first kappa shape index (κ1) is 103. The van der Waals surface area contributed by atoms with Gasteiger partial charge in [-0.05, 0) is 64.2 Å². The summed E-state index contributed by atoms with van der Waals surface area (Å²) in [5, 5.41) is 16.4. The minimum Gasteiger partial charge on any atom is -0.790 e. The molecule has 2 aliphatic rings. The number of Topliss-reactive ketones (excluding diaryl/α,β-unsaturated/α-hetero) is 1. The largest absolute Gasteiger partial charge is 1.00 e. The van der Waals surface area contributed by atoms with E-state index in [4.69, 9.17) is 32.9 Å². The van der Waals surface area contributed by atoms with Gasteiger partial charge in [-0.3, -0.25) is 14.4 Å². The molecule has 0 bridgehead atoms. The molecule has 2 heterocycles. The van der Waals surface area contributed by atoms with Crippen LogP contribution in [0.5, 0.6) is 0 Å². The van der Waals surface area contributed by atoms with Crippen molar-refractivity contribution in [3.63, 3.8) is 0 Å². The summed E-state index contributed by atoms with van der Waals surface area (Å²) in [6.45, 7) is 10.8. The Morgan fingerprint density at radius 3 is 1.39 bits per heavy atom. The molecule has 536 valence electrons. The Kier molecular flexibility index (Phi) is 73.8. The van der Waals surface area contributed by atoms with E-state index in [1.807, 2.05) is 0 Å². The number of amides is 2. The van der Waals surface area contributed by atoms with Crippen molar-refractivity contribution >= 4 is 39.5 Å². The van der Waals surface area contributed by atoms with Crippen LogP contribution in [0.25, 0.3) is 0 Å². The van der Waals surface area contributed by atoms with Gasteiger partial charge in [-0.15, -0.1) is 0 Å². The maximum absolute atomic E-state index is 13.1. The Labute approximate surface area is 663 Å². The summed E-state index contributed by atoms with van der Waals surface area (Å²) in [6.07, 6.45) is 36.9. The molecule has 21 nitrogen and oxygen atoms in total. The van der Waals surface area contributed by atoms with Gasteiger partial charge in [0.2, 0.25) is 11.8 Å². The van der Waals surface area contributed by atoms with E-state index in [0.717, 1.165) is 115 Å². The van der Waals surface area contributed by atoms with Crippen LogP contribution >= 0.6 is 15.6 Å².